The van der Waals surface area contributed by atoms with Crippen molar-refractivity contribution in [3.63, 3.8) is 0 Å². The van der Waals surface area contributed by atoms with E-state index in [0.29, 0.717) is 12.0 Å². The van der Waals surface area contributed by atoms with Gasteiger partial charge in [0.05, 0.1) is 12.5 Å². The Balaban J connectivity index is 1.85. The lowest BCUT2D eigenvalue weighted by molar-refractivity contribution is -0.147. The summed E-state index contributed by atoms with van der Waals surface area (Å²) >= 11 is 0. The molecule has 1 aromatic rings. The Kier molecular flexibility index (Phi) is 6.35. The third-order valence-electron chi connectivity index (χ3n) is 3.75. The number of nitrogens with one attached hydrogen (secondary N) is 1. The lowest BCUT2D eigenvalue weighted by Gasteiger charge is -2.26. The molecule has 0 radical (unpaired) electrons. The maximum atomic E-state index is 12.1. The first kappa shape index (κ1) is 18.0. The molecule has 1 aliphatic rings. The van der Waals surface area contributed by atoms with E-state index in [1.54, 1.807) is 43.0 Å². The summed E-state index contributed by atoms with van der Waals surface area (Å²) in [6, 6.07) is 6.95. The van der Waals surface area contributed by atoms with E-state index in [-0.39, 0.29) is 36.9 Å². The molecule has 0 atom stereocenters. The van der Waals surface area contributed by atoms with Crippen LogP contribution in [0.15, 0.2) is 24.3 Å². The highest BCUT2D eigenvalue weighted by atomic mass is 16.5. The fraction of sp³-hybridized carbons (Fsp3) is 0.500. The van der Waals surface area contributed by atoms with Crippen LogP contribution in [0.5, 0.6) is 0 Å². The number of anilines is 1. The first-order valence-electron chi connectivity index (χ1n) is 8.35. The van der Waals surface area contributed by atoms with Crippen molar-refractivity contribution >= 4 is 23.5 Å². The number of rotatable bonds is 6. The van der Waals surface area contributed by atoms with Crippen LogP contribution in [-0.4, -0.2) is 37.0 Å². The SMILES string of the molecule is CC(C)OC(=O)CCNC(=O)c1ccc(N2CCCCC2=O)cc1. The Morgan fingerprint density at radius 2 is 1.92 bits per heavy atom. The molecule has 0 unspecified atom stereocenters. The van der Waals surface area contributed by atoms with Crippen molar-refractivity contribution in [2.24, 2.45) is 0 Å². The van der Waals surface area contributed by atoms with E-state index in [1.165, 1.54) is 0 Å². The average molecular weight is 332 g/mol. The highest BCUT2D eigenvalue weighted by Crippen LogP contribution is 2.21. The van der Waals surface area contributed by atoms with Gasteiger partial charge in [0.1, 0.15) is 0 Å². The molecule has 1 heterocycles. The zero-order valence-corrected chi connectivity index (χ0v) is 14.2. The highest BCUT2D eigenvalue weighted by Gasteiger charge is 2.19. The Hall–Kier alpha value is -2.37. The van der Waals surface area contributed by atoms with Gasteiger partial charge < -0.3 is 15.0 Å². The second-order valence-electron chi connectivity index (χ2n) is 6.09. The Labute approximate surface area is 142 Å². The minimum absolute atomic E-state index is 0.127. The lowest BCUT2D eigenvalue weighted by atomic mass is 10.1. The molecule has 0 bridgehead atoms. The summed E-state index contributed by atoms with van der Waals surface area (Å²) in [5.41, 5.74) is 1.32. The molecular weight excluding hydrogens is 308 g/mol. The van der Waals surface area contributed by atoms with E-state index in [4.69, 9.17) is 4.74 Å². The summed E-state index contributed by atoms with van der Waals surface area (Å²) in [5.74, 6) is -0.449. The first-order chi connectivity index (χ1) is 11.5. The summed E-state index contributed by atoms with van der Waals surface area (Å²) in [6.07, 6.45) is 2.51. The van der Waals surface area contributed by atoms with Crippen LogP contribution in [-0.2, 0) is 14.3 Å². The second kappa shape index (κ2) is 8.47. The fourth-order valence-electron chi connectivity index (χ4n) is 2.57. The third kappa shape index (κ3) is 5.08. The van der Waals surface area contributed by atoms with Crippen molar-refractivity contribution in [1.82, 2.24) is 5.32 Å². The monoisotopic (exact) mass is 332 g/mol. The van der Waals surface area contributed by atoms with Crippen LogP contribution in [0, 0.1) is 0 Å². The minimum Gasteiger partial charge on any atom is -0.463 e. The van der Waals surface area contributed by atoms with E-state index < -0.39 is 0 Å². The van der Waals surface area contributed by atoms with Gasteiger partial charge in [0.15, 0.2) is 0 Å². The van der Waals surface area contributed by atoms with Gasteiger partial charge in [-0.3, -0.25) is 14.4 Å². The summed E-state index contributed by atoms with van der Waals surface area (Å²) in [7, 11) is 0. The van der Waals surface area contributed by atoms with Crippen molar-refractivity contribution in [2.75, 3.05) is 18.0 Å². The number of hydrogen-bond donors (Lipinski definition) is 1. The molecule has 6 nitrogen and oxygen atoms in total. The zero-order chi connectivity index (χ0) is 17.5. The van der Waals surface area contributed by atoms with Gasteiger partial charge in [-0.15, -0.1) is 0 Å². The van der Waals surface area contributed by atoms with Crippen molar-refractivity contribution in [3.8, 4) is 0 Å². The number of esters is 1. The molecule has 1 aliphatic heterocycles. The third-order valence-corrected chi connectivity index (χ3v) is 3.75. The lowest BCUT2D eigenvalue weighted by Crippen LogP contribution is -2.35. The van der Waals surface area contributed by atoms with Gasteiger partial charge in [-0.2, -0.15) is 0 Å². The van der Waals surface area contributed by atoms with E-state index in [2.05, 4.69) is 5.32 Å². The number of amides is 2. The molecule has 0 aromatic heterocycles. The van der Waals surface area contributed by atoms with Crippen LogP contribution >= 0.6 is 0 Å². The number of carbonyl (C=O) groups excluding carboxylic acids is 3. The number of hydrogen-bond acceptors (Lipinski definition) is 4. The van der Waals surface area contributed by atoms with Crippen molar-refractivity contribution < 1.29 is 19.1 Å². The van der Waals surface area contributed by atoms with Gasteiger partial charge >= 0.3 is 5.97 Å². The van der Waals surface area contributed by atoms with E-state index >= 15 is 0 Å². The molecule has 1 fully saturated rings. The molecule has 130 valence electrons. The van der Waals surface area contributed by atoms with Crippen LogP contribution in [0.25, 0.3) is 0 Å². The maximum absolute atomic E-state index is 12.1. The van der Waals surface area contributed by atoms with E-state index in [9.17, 15) is 14.4 Å². The van der Waals surface area contributed by atoms with Gasteiger partial charge in [0.2, 0.25) is 5.91 Å². The molecule has 2 rings (SSSR count). The van der Waals surface area contributed by atoms with E-state index in [0.717, 1.165) is 25.1 Å². The number of benzene rings is 1. The van der Waals surface area contributed by atoms with Gasteiger partial charge in [0, 0.05) is 30.8 Å². The normalized spacial score (nSPS) is 14.6. The number of carbonyl (C=O) groups is 3. The molecule has 1 aromatic carbocycles. The van der Waals surface area contributed by atoms with Gasteiger partial charge in [0.25, 0.3) is 5.91 Å². The van der Waals surface area contributed by atoms with Gasteiger partial charge in [-0.1, -0.05) is 0 Å². The maximum Gasteiger partial charge on any atom is 0.307 e. The predicted molar refractivity (Wildman–Crippen MR) is 90.8 cm³/mol. The van der Waals surface area contributed by atoms with Crippen molar-refractivity contribution in [2.45, 2.75) is 45.6 Å². The van der Waals surface area contributed by atoms with Crippen LogP contribution in [0.3, 0.4) is 0 Å². The quantitative estimate of drug-likeness (QED) is 0.811. The molecule has 0 saturated carbocycles. The standard InChI is InChI=1S/C18H24N2O4/c1-13(2)24-17(22)10-11-19-18(23)14-6-8-15(9-7-14)20-12-4-3-5-16(20)21/h6-9,13H,3-5,10-12H2,1-2H3,(H,19,23). The molecule has 24 heavy (non-hydrogen) atoms. The average Bonchev–Trinajstić information content (AvgIpc) is 2.54. The molecule has 6 heteroatoms. The highest BCUT2D eigenvalue weighted by molar-refractivity contribution is 5.97. The molecule has 0 aliphatic carbocycles. The zero-order valence-electron chi connectivity index (χ0n) is 14.2. The summed E-state index contributed by atoms with van der Waals surface area (Å²) in [5, 5.41) is 2.69. The second-order valence-corrected chi connectivity index (χ2v) is 6.09. The van der Waals surface area contributed by atoms with Crippen molar-refractivity contribution in [3.05, 3.63) is 29.8 Å². The summed E-state index contributed by atoms with van der Waals surface area (Å²) < 4.78 is 5.00. The van der Waals surface area contributed by atoms with Crippen LogP contribution in [0.2, 0.25) is 0 Å². The molecule has 1 saturated heterocycles. The Morgan fingerprint density at radius 3 is 2.54 bits per heavy atom. The molecule has 2 amide bonds. The van der Waals surface area contributed by atoms with Gasteiger partial charge in [-0.25, -0.2) is 0 Å². The fourth-order valence-corrected chi connectivity index (χ4v) is 2.57. The van der Waals surface area contributed by atoms with Crippen LogP contribution in [0.4, 0.5) is 5.69 Å². The van der Waals surface area contributed by atoms with E-state index in [1.807, 2.05) is 0 Å². The topological polar surface area (TPSA) is 75.7 Å². The first-order valence-corrected chi connectivity index (χ1v) is 8.35. The summed E-state index contributed by atoms with van der Waals surface area (Å²) in [4.78, 5) is 37.1. The Bertz CT molecular complexity index is 596. The largest absolute Gasteiger partial charge is 0.463 e. The molecule has 0 spiro atoms. The molecular formula is C18H24N2O4. The Morgan fingerprint density at radius 1 is 1.21 bits per heavy atom. The predicted octanol–water partition coefficient (Wildman–Crippen LogP) is 2.28. The van der Waals surface area contributed by atoms with Crippen LogP contribution in [0.1, 0.15) is 49.9 Å². The number of piperidine rings is 1. The van der Waals surface area contributed by atoms with Gasteiger partial charge in [-0.05, 0) is 51.0 Å². The minimum atomic E-state index is -0.329. The number of ether oxygens (including phenoxy) is 1. The number of nitrogens with zero attached hydrogens (tertiary/aromatic N) is 1. The van der Waals surface area contributed by atoms with Crippen molar-refractivity contribution in [1.29, 1.82) is 0 Å². The van der Waals surface area contributed by atoms with Crippen LogP contribution < -0.4 is 10.2 Å². The smallest absolute Gasteiger partial charge is 0.307 e. The molecule has 1 N–H and O–H groups in total. The summed E-state index contributed by atoms with van der Waals surface area (Å²) in [6.45, 7) is 4.52.